The van der Waals surface area contributed by atoms with Crippen LogP contribution in [0.5, 0.6) is 0 Å². The second kappa shape index (κ2) is 5.21. The largest absolute Gasteiger partial charge is 0.388 e. The fourth-order valence-electron chi connectivity index (χ4n) is 1.75. The van der Waals surface area contributed by atoms with Gasteiger partial charge in [-0.2, -0.15) is 0 Å². The fourth-order valence-corrected chi connectivity index (χ4v) is 1.88. The summed E-state index contributed by atoms with van der Waals surface area (Å²) < 4.78 is 0. The van der Waals surface area contributed by atoms with Crippen molar-refractivity contribution in [2.24, 2.45) is 5.73 Å². The zero-order chi connectivity index (χ0) is 12.3. The lowest BCUT2D eigenvalue weighted by atomic mass is 9.99. The molecule has 0 radical (unpaired) electrons. The molecule has 17 heavy (non-hydrogen) atoms. The van der Waals surface area contributed by atoms with E-state index in [0.29, 0.717) is 0 Å². The van der Waals surface area contributed by atoms with E-state index in [-0.39, 0.29) is 6.04 Å². The van der Waals surface area contributed by atoms with Gasteiger partial charge in [-0.3, -0.25) is 0 Å². The van der Waals surface area contributed by atoms with E-state index < -0.39 is 0 Å². The van der Waals surface area contributed by atoms with Crippen LogP contribution < -0.4 is 11.1 Å². The van der Waals surface area contributed by atoms with Crippen molar-refractivity contribution in [3.8, 4) is 0 Å². The van der Waals surface area contributed by atoms with Gasteiger partial charge in [-0.25, -0.2) is 0 Å². The molecule has 2 nitrogen and oxygen atoms in total. The summed E-state index contributed by atoms with van der Waals surface area (Å²) in [6, 6.07) is 15.6. The number of hydrogen-bond acceptors (Lipinski definition) is 2. The molecule has 0 aliphatic carbocycles. The van der Waals surface area contributed by atoms with Gasteiger partial charge in [0.25, 0.3) is 0 Å². The average Bonchev–Trinajstić information content (AvgIpc) is 2.39. The number of anilines is 1. The van der Waals surface area contributed by atoms with Crippen molar-refractivity contribution >= 4 is 17.3 Å². The quantitative estimate of drug-likeness (QED) is 0.871. The first-order chi connectivity index (χ1) is 8.20. The molecule has 2 aromatic carbocycles. The third-order valence-corrected chi connectivity index (χ3v) is 3.02. The molecule has 0 saturated heterocycles. The van der Waals surface area contributed by atoms with Crippen LogP contribution in [0, 0.1) is 0 Å². The smallest absolute Gasteiger partial charge is 0.0552 e. The molecule has 0 saturated carbocycles. The van der Waals surface area contributed by atoms with Crippen LogP contribution in [-0.2, 0) is 0 Å². The maximum absolute atomic E-state index is 6.22. The van der Waals surface area contributed by atoms with Crippen molar-refractivity contribution in [1.29, 1.82) is 0 Å². The molecule has 0 amide bonds. The number of rotatable bonds is 3. The zero-order valence-electron chi connectivity index (χ0n) is 9.65. The van der Waals surface area contributed by atoms with Gasteiger partial charge in [-0.05, 0) is 35.4 Å². The van der Waals surface area contributed by atoms with Crippen molar-refractivity contribution in [3.05, 3.63) is 64.7 Å². The Balaban J connectivity index is 2.29. The van der Waals surface area contributed by atoms with E-state index in [9.17, 15) is 0 Å². The average molecular weight is 247 g/mol. The second-order valence-corrected chi connectivity index (χ2v) is 4.34. The van der Waals surface area contributed by atoms with Crippen LogP contribution in [0.2, 0.25) is 5.02 Å². The van der Waals surface area contributed by atoms with Crippen molar-refractivity contribution in [3.63, 3.8) is 0 Å². The molecule has 0 fully saturated rings. The van der Waals surface area contributed by atoms with E-state index in [0.717, 1.165) is 21.8 Å². The number of hydrogen-bond donors (Lipinski definition) is 2. The van der Waals surface area contributed by atoms with Gasteiger partial charge >= 0.3 is 0 Å². The first-order valence-electron chi connectivity index (χ1n) is 5.49. The van der Waals surface area contributed by atoms with Crippen LogP contribution in [0.3, 0.4) is 0 Å². The van der Waals surface area contributed by atoms with Gasteiger partial charge in [0.1, 0.15) is 0 Å². The SMILES string of the molecule is CNc1cccc(C(N)c2ccc(Cl)cc2)c1. The Hall–Kier alpha value is -1.51. The maximum Gasteiger partial charge on any atom is 0.0552 e. The Morgan fingerprint density at radius 3 is 2.41 bits per heavy atom. The first-order valence-corrected chi connectivity index (χ1v) is 5.87. The normalized spacial score (nSPS) is 12.2. The number of halogens is 1. The summed E-state index contributed by atoms with van der Waals surface area (Å²) in [6.07, 6.45) is 0. The van der Waals surface area contributed by atoms with Crippen LogP contribution >= 0.6 is 11.6 Å². The molecule has 0 aliphatic heterocycles. The molecule has 2 aromatic rings. The molecule has 1 atom stereocenters. The molecule has 0 spiro atoms. The summed E-state index contributed by atoms with van der Waals surface area (Å²) >= 11 is 5.86. The van der Waals surface area contributed by atoms with Crippen molar-refractivity contribution in [2.75, 3.05) is 12.4 Å². The van der Waals surface area contributed by atoms with Crippen LogP contribution in [0.25, 0.3) is 0 Å². The van der Waals surface area contributed by atoms with Crippen molar-refractivity contribution < 1.29 is 0 Å². The van der Waals surface area contributed by atoms with Crippen LogP contribution in [0.15, 0.2) is 48.5 Å². The van der Waals surface area contributed by atoms with Crippen LogP contribution in [0.1, 0.15) is 17.2 Å². The third-order valence-electron chi connectivity index (χ3n) is 2.76. The minimum absolute atomic E-state index is 0.124. The molecule has 2 rings (SSSR count). The molecule has 1 unspecified atom stereocenters. The number of nitrogens with two attached hydrogens (primary N) is 1. The van der Waals surface area contributed by atoms with Gasteiger partial charge in [-0.15, -0.1) is 0 Å². The van der Waals surface area contributed by atoms with Gasteiger partial charge in [0.2, 0.25) is 0 Å². The fraction of sp³-hybridized carbons (Fsp3) is 0.143. The lowest BCUT2D eigenvalue weighted by Crippen LogP contribution is -2.11. The Labute approximate surface area is 106 Å². The van der Waals surface area contributed by atoms with E-state index in [4.69, 9.17) is 17.3 Å². The van der Waals surface area contributed by atoms with E-state index in [2.05, 4.69) is 11.4 Å². The number of nitrogens with one attached hydrogen (secondary N) is 1. The van der Waals surface area contributed by atoms with Gasteiger partial charge < -0.3 is 11.1 Å². The Kier molecular flexibility index (Phi) is 3.67. The molecule has 0 aromatic heterocycles. The molecule has 0 heterocycles. The van der Waals surface area contributed by atoms with Gasteiger partial charge in [0.15, 0.2) is 0 Å². The lowest BCUT2D eigenvalue weighted by molar-refractivity contribution is 0.872. The van der Waals surface area contributed by atoms with Gasteiger partial charge in [0, 0.05) is 17.8 Å². The highest BCUT2D eigenvalue weighted by atomic mass is 35.5. The highest BCUT2D eigenvalue weighted by molar-refractivity contribution is 6.30. The molecule has 0 bridgehead atoms. The molecule has 3 N–H and O–H groups in total. The topological polar surface area (TPSA) is 38.0 Å². The van der Waals surface area contributed by atoms with E-state index in [1.165, 1.54) is 0 Å². The van der Waals surface area contributed by atoms with Gasteiger partial charge in [0.05, 0.1) is 6.04 Å². The van der Waals surface area contributed by atoms with Crippen molar-refractivity contribution in [1.82, 2.24) is 0 Å². The Bertz CT molecular complexity index is 494. The second-order valence-electron chi connectivity index (χ2n) is 3.90. The molecule has 88 valence electrons. The van der Waals surface area contributed by atoms with E-state index in [1.54, 1.807) is 0 Å². The van der Waals surface area contributed by atoms with Gasteiger partial charge in [-0.1, -0.05) is 35.9 Å². The summed E-state index contributed by atoms with van der Waals surface area (Å²) in [5.74, 6) is 0. The Morgan fingerprint density at radius 1 is 1.06 bits per heavy atom. The standard InChI is InChI=1S/C14H15ClN2/c1-17-13-4-2-3-11(9-13)14(16)10-5-7-12(15)8-6-10/h2-9,14,17H,16H2,1H3. The summed E-state index contributed by atoms with van der Waals surface area (Å²) in [4.78, 5) is 0. The first kappa shape index (κ1) is 12.0. The summed E-state index contributed by atoms with van der Waals surface area (Å²) in [5.41, 5.74) is 9.42. The predicted octanol–water partition coefficient (Wildman–Crippen LogP) is 3.43. The van der Waals surface area contributed by atoms with E-state index in [1.807, 2.05) is 49.5 Å². The van der Waals surface area contributed by atoms with E-state index >= 15 is 0 Å². The highest BCUT2D eigenvalue weighted by Crippen LogP contribution is 2.23. The molecule has 0 aliphatic rings. The molecular formula is C14H15ClN2. The minimum atomic E-state index is -0.124. The Morgan fingerprint density at radius 2 is 1.76 bits per heavy atom. The number of benzene rings is 2. The predicted molar refractivity (Wildman–Crippen MR) is 73.5 cm³/mol. The summed E-state index contributed by atoms with van der Waals surface area (Å²) in [5, 5.41) is 3.83. The molecule has 3 heteroatoms. The minimum Gasteiger partial charge on any atom is -0.388 e. The zero-order valence-corrected chi connectivity index (χ0v) is 10.4. The summed E-state index contributed by atoms with van der Waals surface area (Å²) in [6.45, 7) is 0. The highest BCUT2D eigenvalue weighted by Gasteiger charge is 2.08. The maximum atomic E-state index is 6.22. The van der Waals surface area contributed by atoms with Crippen LogP contribution in [-0.4, -0.2) is 7.05 Å². The molecular weight excluding hydrogens is 232 g/mol. The van der Waals surface area contributed by atoms with Crippen LogP contribution in [0.4, 0.5) is 5.69 Å². The monoisotopic (exact) mass is 246 g/mol. The third kappa shape index (κ3) is 2.78. The van der Waals surface area contributed by atoms with Crippen molar-refractivity contribution in [2.45, 2.75) is 6.04 Å². The lowest BCUT2D eigenvalue weighted by Gasteiger charge is -2.13. The summed E-state index contributed by atoms with van der Waals surface area (Å²) in [7, 11) is 1.90.